The van der Waals surface area contributed by atoms with Crippen LogP contribution in [0.1, 0.15) is 54.0 Å². The Labute approximate surface area is 404 Å². The molecule has 19 nitrogen and oxygen atoms in total. The smallest absolute Gasteiger partial charge is 0.192 e. The first-order valence-electron chi connectivity index (χ1n) is 22.3. The van der Waals surface area contributed by atoms with Crippen LogP contribution >= 0.6 is 22.6 Å². The summed E-state index contributed by atoms with van der Waals surface area (Å²) < 4.78 is 31.8. The quantitative estimate of drug-likeness (QED) is 0.0239. The highest BCUT2D eigenvalue weighted by molar-refractivity contribution is 14.1. The summed E-state index contributed by atoms with van der Waals surface area (Å²) in [5.74, 6) is 5.94. The van der Waals surface area contributed by atoms with Gasteiger partial charge in [-0.05, 0) is 42.2 Å². The van der Waals surface area contributed by atoms with E-state index in [1.165, 1.54) is 19.0 Å². The largest absolute Gasteiger partial charge is 1.00 e. The van der Waals surface area contributed by atoms with Crippen molar-refractivity contribution < 1.29 is 51.0 Å². The van der Waals surface area contributed by atoms with E-state index in [2.05, 4.69) is 106 Å². The van der Waals surface area contributed by atoms with Gasteiger partial charge in [0.25, 0.3) is 0 Å². The van der Waals surface area contributed by atoms with E-state index < -0.39 is 47.4 Å². The molecule has 9 atom stereocenters. The van der Waals surface area contributed by atoms with Crippen LogP contribution in [0, 0.1) is 24.7 Å². The zero-order chi connectivity index (χ0) is 46.6. The highest BCUT2D eigenvalue weighted by Gasteiger charge is 2.53. The Morgan fingerprint density at radius 2 is 1.28 bits per heavy atom. The molecule has 2 fully saturated rings. The van der Waals surface area contributed by atoms with Crippen LogP contribution in [-0.2, 0) is 18.3 Å². The molecule has 2 aliphatic heterocycles. The average molecular weight is 1070 g/mol. The van der Waals surface area contributed by atoms with Gasteiger partial charge in [0.05, 0.1) is 32.4 Å². The summed E-state index contributed by atoms with van der Waals surface area (Å²) in [6, 6.07) is 6.06. The maximum Gasteiger partial charge on any atom is 0.192 e. The minimum Gasteiger partial charge on any atom is -1.00 e. The third-order valence-corrected chi connectivity index (χ3v) is 22.9. The number of alkyl halides is 1. The number of ether oxygens (including phenoxy) is 2. The first-order valence-corrected chi connectivity index (χ1v) is 28.9. The number of hydrogen-bond donors (Lipinski definition) is 6. The van der Waals surface area contributed by atoms with Crippen molar-refractivity contribution in [2.24, 2.45) is 0 Å². The minimum atomic E-state index is -2.08. The number of fused-ring (bicyclic) bond motifs is 2. The molecule has 0 saturated carbocycles. The molecule has 0 radical (unpaired) electrons. The van der Waals surface area contributed by atoms with Crippen molar-refractivity contribution in [2.45, 2.75) is 127 Å². The van der Waals surface area contributed by atoms with Crippen molar-refractivity contribution in [2.75, 3.05) is 61.8 Å². The van der Waals surface area contributed by atoms with Gasteiger partial charge in [0.2, 0.25) is 0 Å². The Hall–Kier alpha value is -3.09. The normalized spacial score (nSPS) is 23.8. The van der Waals surface area contributed by atoms with E-state index in [9.17, 15) is 15.3 Å². The number of hydrogen-bond acceptors (Lipinski definition) is 16. The van der Waals surface area contributed by atoms with E-state index in [0.29, 0.717) is 60.9 Å². The fourth-order valence-corrected chi connectivity index (χ4v) is 15.2. The molecule has 65 heavy (non-hydrogen) atoms. The second-order valence-corrected chi connectivity index (χ2v) is 26.9. The molecule has 4 aromatic rings. The highest BCUT2D eigenvalue weighted by Crippen LogP contribution is 2.42. The number of nitrogens with two attached hydrogens (primary N) is 2. The Balaban J connectivity index is 0.000000306. The van der Waals surface area contributed by atoms with E-state index in [0.717, 1.165) is 52.1 Å². The number of rotatable bonds is 22. The molecule has 0 bridgehead atoms. The van der Waals surface area contributed by atoms with Crippen LogP contribution in [0.3, 0.4) is 0 Å². The maximum absolute atomic E-state index is 10.5. The Bertz CT molecular complexity index is 2160. The lowest BCUT2D eigenvalue weighted by molar-refractivity contribution is -0.893. The lowest BCUT2D eigenvalue weighted by atomic mass is 10.1. The van der Waals surface area contributed by atoms with Gasteiger partial charge >= 0.3 is 0 Å². The van der Waals surface area contributed by atoms with Crippen LogP contribution < -0.4 is 28.8 Å². The third-order valence-electron chi connectivity index (χ3n) is 13.0. The molecular weight excluding hydrogens is 1000 g/mol. The predicted molar refractivity (Wildman–Crippen MR) is 259 cm³/mol. The number of nitrogens with zero attached hydrogens (tertiary/aromatic N) is 9. The fourth-order valence-electron chi connectivity index (χ4n) is 8.75. The lowest BCUT2D eigenvalue weighted by Gasteiger charge is -2.40. The molecule has 0 aliphatic carbocycles. The molecule has 3 unspecified atom stereocenters. The van der Waals surface area contributed by atoms with Crippen LogP contribution in [0.4, 0.5) is 11.6 Å². The topological polar surface area (TPSA) is 245 Å². The van der Waals surface area contributed by atoms with Crippen molar-refractivity contribution in [1.82, 2.24) is 43.9 Å². The van der Waals surface area contributed by atoms with Gasteiger partial charge in [-0.1, -0.05) is 70.1 Å². The number of aromatic nitrogens is 8. The molecule has 0 amide bonds. The van der Waals surface area contributed by atoms with Crippen LogP contribution in [0.25, 0.3) is 22.3 Å². The van der Waals surface area contributed by atoms with Crippen molar-refractivity contribution in [3.8, 4) is 24.7 Å². The van der Waals surface area contributed by atoms with Gasteiger partial charge in [-0.25, -0.2) is 29.9 Å². The summed E-state index contributed by atoms with van der Waals surface area (Å²) >= 11 is 2.28. The summed E-state index contributed by atoms with van der Waals surface area (Å²) in [5.41, 5.74) is 14.0. The van der Waals surface area contributed by atoms with Gasteiger partial charge < -0.3 is 62.4 Å². The molecule has 8 N–H and O–H groups in total. The molecule has 0 aromatic carbocycles. The third kappa shape index (κ3) is 12.3. The molecule has 23 heteroatoms. The number of anilines is 2. The van der Waals surface area contributed by atoms with Gasteiger partial charge in [0, 0.05) is 17.5 Å². The van der Waals surface area contributed by atoms with Gasteiger partial charge in [0.15, 0.2) is 52.0 Å². The average Bonchev–Trinajstić information content (AvgIpc) is 4.07. The molecule has 2 aliphatic rings. The molecule has 360 valence electrons. The standard InChI is InChI=1S/C27H48N6O4Si2.C15H19IN6O3.ClH/c1-8-15-32(16-17-34)18-21-23(36-38(9-2,10-3)11-4)24(37-39(12-5,13-6)14-7)27(35-21)33-20-31-22-25(28)29-19-30-26(22)33;1-2-4-21(5-3-16)6-9-11(23)12(24)15(25-9)22-8-20-10-13(17)18-7-19-14(10)22;/h1,19-21,23-24,27,34H,9-18H2,2-7H3,(H2,28,29,30);1,7-9,11-12,15,23-24H,3-6H2,(H2,17,18,19);1H/t21-,23?,24-,27-;9-,11?,12+,15-;/m11./s1. The van der Waals surface area contributed by atoms with Crippen molar-refractivity contribution in [3.63, 3.8) is 0 Å². The zero-order valence-electron chi connectivity index (χ0n) is 38.4. The second kappa shape index (κ2) is 25.3. The molecule has 0 spiro atoms. The van der Waals surface area contributed by atoms with E-state index >= 15 is 0 Å². The van der Waals surface area contributed by atoms with E-state index in [1.807, 2.05) is 9.47 Å². The molecular formula is C42H68ClIN12O7Si2. The van der Waals surface area contributed by atoms with Crippen molar-refractivity contribution in [3.05, 3.63) is 25.3 Å². The minimum absolute atomic E-state index is 0. The SMILES string of the molecule is C#CCN(CCO)C[C@H]1O[C@@H](n2cnc3c(N)ncnc32)[C@H](O[Si](CC)(CC)CC)C1O[Si](CC)(CC)CC.C#CC[NH+](CCI)C[C@H]1O[C@@H](n2cnc3c(N)ncnc32)[C@@H](O)C1O.[Cl-]. The second-order valence-electron chi connectivity index (χ2n) is 16.4. The van der Waals surface area contributed by atoms with E-state index in [4.69, 9.17) is 42.6 Å². The lowest BCUT2D eigenvalue weighted by Crippen LogP contribution is -3.13. The van der Waals surface area contributed by atoms with Crippen molar-refractivity contribution in [1.29, 1.82) is 0 Å². The molecule has 6 rings (SSSR count). The number of halogens is 2. The summed E-state index contributed by atoms with van der Waals surface area (Å²) in [6.07, 6.45) is 12.1. The maximum atomic E-state index is 10.5. The molecule has 6 heterocycles. The summed E-state index contributed by atoms with van der Waals surface area (Å²) in [6.45, 7) is 16.7. The van der Waals surface area contributed by atoms with Crippen LogP contribution in [0.5, 0.6) is 0 Å². The predicted octanol–water partition coefficient (Wildman–Crippen LogP) is -1.00. The fraction of sp³-hybridized carbons (Fsp3) is 0.667. The monoisotopic (exact) mass is 1070 g/mol. The Morgan fingerprint density at radius 1 is 0.769 bits per heavy atom. The number of aliphatic hydroxyl groups excluding tert-OH is 3. The number of imidazole rings is 2. The number of nitrogen functional groups attached to an aromatic ring is 2. The van der Waals surface area contributed by atoms with Gasteiger partial charge in [-0.15, -0.1) is 12.8 Å². The Kier molecular flexibility index (Phi) is 21.2. The summed E-state index contributed by atoms with van der Waals surface area (Å²) in [7, 11) is -4.14. The number of nitrogens with one attached hydrogen (secondary N) is 1. The number of quaternary nitrogens is 1. The Morgan fingerprint density at radius 3 is 1.75 bits per heavy atom. The zero-order valence-corrected chi connectivity index (χ0v) is 43.3. The first-order chi connectivity index (χ1) is 30.9. The van der Waals surface area contributed by atoms with Crippen molar-refractivity contribution >= 4 is 73.2 Å². The number of aliphatic hydroxyl groups is 3. The summed E-state index contributed by atoms with van der Waals surface area (Å²) in [4.78, 5) is 28.6. The van der Waals surface area contributed by atoms with Gasteiger partial charge in [0.1, 0.15) is 73.4 Å². The molecule has 4 aromatic heterocycles. The van der Waals surface area contributed by atoms with Gasteiger partial charge in [-0.2, -0.15) is 0 Å². The summed E-state index contributed by atoms with van der Waals surface area (Å²) in [5, 5.41) is 30.6. The van der Waals surface area contributed by atoms with Crippen LogP contribution in [0.2, 0.25) is 36.3 Å². The van der Waals surface area contributed by atoms with E-state index in [1.54, 1.807) is 10.9 Å². The number of terminal acetylenes is 2. The molecule has 2 saturated heterocycles. The van der Waals surface area contributed by atoms with Gasteiger partial charge in [-0.3, -0.25) is 14.0 Å². The van der Waals surface area contributed by atoms with Crippen LogP contribution in [-0.4, -0.2) is 163 Å². The van der Waals surface area contributed by atoms with Crippen LogP contribution in [0.15, 0.2) is 25.3 Å². The van der Waals surface area contributed by atoms with E-state index in [-0.39, 0.29) is 43.1 Å². The first kappa shape index (κ1) is 54.5. The highest BCUT2D eigenvalue weighted by atomic mass is 127.